The molecule has 2 aliphatic rings. The summed E-state index contributed by atoms with van der Waals surface area (Å²) in [6, 6.07) is 6.97. The molecule has 0 saturated carbocycles. The number of halogens is 1. The molecule has 1 aromatic carbocycles. The number of hydrogen-bond donors (Lipinski definition) is 2. The lowest BCUT2D eigenvalue weighted by Crippen LogP contribution is -2.55. The maximum Gasteiger partial charge on any atom is 0.192 e. The first-order chi connectivity index (χ1) is 13.5. The highest BCUT2D eigenvalue weighted by atomic mass is 19.1. The van der Waals surface area contributed by atoms with Gasteiger partial charge < -0.3 is 19.7 Å². The molecule has 4 atom stereocenters. The Bertz CT molecular complexity index is 1020. The maximum absolute atomic E-state index is 14.8. The molecule has 28 heavy (non-hydrogen) atoms. The fourth-order valence-corrected chi connectivity index (χ4v) is 4.46. The summed E-state index contributed by atoms with van der Waals surface area (Å²) < 4.78 is 20.4. The van der Waals surface area contributed by atoms with Gasteiger partial charge in [0.2, 0.25) is 0 Å². The van der Waals surface area contributed by atoms with Crippen molar-refractivity contribution >= 4 is 16.9 Å². The Labute approximate surface area is 161 Å². The predicted octanol–water partition coefficient (Wildman–Crippen LogP) is 2.97. The number of phenols is 1. The number of oxazole rings is 1. The minimum atomic E-state index is -0.925. The number of hydrogen-bond acceptors (Lipinski definition) is 7. The molecule has 2 fully saturated rings. The zero-order valence-corrected chi connectivity index (χ0v) is 15.8. The van der Waals surface area contributed by atoms with Crippen molar-refractivity contribution in [2.75, 3.05) is 11.9 Å². The largest absolute Gasteiger partial charge is 0.507 e. The number of benzene rings is 1. The molecule has 3 aromatic rings. The predicted molar refractivity (Wildman–Crippen MR) is 103 cm³/mol. The lowest BCUT2D eigenvalue weighted by Gasteiger charge is -2.38. The summed E-state index contributed by atoms with van der Waals surface area (Å²) in [7, 11) is 1.87. The standard InChI is InChI=1S/C20H22FN5O2/c1-10-22-15-9-17(27)12(8-18(15)28-10)13-5-6-19(25-24-13)26(2)16-7-11-3-4-14(23-11)20(16)21/h5-6,8-9,11,14,16,20,23,27H,3-4,7H2,1-2H3/t11-,14+,16-,20-/m0/s1. The number of aromatic hydroxyl groups is 1. The highest BCUT2D eigenvalue weighted by molar-refractivity contribution is 5.83. The van der Waals surface area contributed by atoms with E-state index in [1.165, 1.54) is 0 Å². The molecule has 2 aromatic heterocycles. The van der Waals surface area contributed by atoms with Crippen LogP contribution in [0, 0.1) is 6.92 Å². The van der Waals surface area contributed by atoms with E-state index in [0.717, 1.165) is 19.3 Å². The summed E-state index contributed by atoms with van der Waals surface area (Å²) in [6.07, 6.45) is 1.76. The minimum Gasteiger partial charge on any atom is -0.507 e. The first-order valence-corrected chi connectivity index (χ1v) is 9.57. The summed E-state index contributed by atoms with van der Waals surface area (Å²) in [6.45, 7) is 1.76. The van der Waals surface area contributed by atoms with Gasteiger partial charge in [-0.2, -0.15) is 0 Å². The van der Waals surface area contributed by atoms with Crippen molar-refractivity contribution < 1.29 is 13.9 Å². The van der Waals surface area contributed by atoms with Gasteiger partial charge in [-0.15, -0.1) is 10.2 Å². The fraction of sp³-hybridized carbons (Fsp3) is 0.450. The van der Waals surface area contributed by atoms with E-state index in [0.29, 0.717) is 40.1 Å². The number of alkyl halides is 1. The zero-order chi connectivity index (χ0) is 19.4. The van der Waals surface area contributed by atoms with Gasteiger partial charge >= 0.3 is 0 Å². The molecule has 2 aliphatic heterocycles. The second-order valence-corrected chi connectivity index (χ2v) is 7.75. The van der Waals surface area contributed by atoms with Crippen LogP contribution in [0.1, 0.15) is 25.2 Å². The van der Waals surface area contributed by atoms with Gasteiger partial charge in [0.1, 0.15) is 17.4 Å². The van der Waals surface area contributed by atoms with Crippen LogP contribution in [0.5, 0.6) is 5.75 Å². The molecule has 0 unspecified atom stereocenters. The van der Waals surface area contributed by atoms with Crippen molar-refractivity contribution in [3.8, 4) is 17.0 Å². The summed E-state index contributed by atoms with van der Waals surface area (Å²) in [4.78, 5) is 6.10. The van der Waals surface area contributed by atoms with Crippen LogP contribution in [0.3, 0.4) is 0 Å². The van der Waals surface area contributed by atoms with E-state index in [2.05, 4.69) is 20.5 Å². The van der Waals surface area contributed by atoms with Crippen LogP contribution in [-0.2, 0) is 0 Å². The van der Waals surface area contributed by atoms with E-state index in [1.807, 2.05) is 18.0 Å². The Kier molecular flexibility index (Phi) is 3.97. The third kappa shape index (κ3) is 2.79. The number of aromatic nitrogens is 3. The fourth-order valence-electron chi connectivity index (χ4n) is 4.46. The van der Waals surface area contributed by atoms with Crippen LogP contribution in [0.25, 0.3) is 22.4 Å². The molecule has 146 valence electrons. The first-order valence-electron chi connectivity index (χ1n) is 9.57. The number of aryl methyl sites for hydroxylation is 1. The van der Waals surface area contributed by atoms with Crippen molar-refractivity contribution in [3.63, 3.8) is 0 Å². The highest BCUT2D eigenvalue weighted by Gasteiger charge is 2.43. The van der Waals surface area contributed by atoms with Gasteiger partial charge in [-0.1, -0.05) is 0 Å². The Morgan fingerprint density at radius 2 is 2.11 bits per heavy atom. The normalized spacial score (nSPS) is 26.7. The van der Waals surface area contributed by atoms with Crippen molar-refractivity contribution in [2.45, 2.75) is 50.5 Å². The summed E-state index contributed by atoms with van der Waals surface area (Å²) in [5.74, 6) is 1.22. The van der Waals surface area contributed by atoms with Crippen LogP contribution >= 0.6 is 0 Å². The van der Waals surface area contributed by atoms with E-state index < -0.39 is 6.17 Å². The van der Waals surface area contributed by atoms with E-state index in [4.69, 9.17) is 4.42 Å². The monoisotopic (exact) mass is 383 g/mol. The van der Waals surface area contributed by atoms with Gasteiger partial charge in [-0.3, -0.25) is 0 Å². The summed E-state index contributed by atoms with van der Waals surface area (Å²) >= 11 is 0. The number of nitrogens with zero attached hydrogens (tertiary/aromatic N) is 4. The minimum absolute atomic E-state index is 0.0625. The molecule has 7 nitrogen and oxygen atoms in total. The number of phenolic OH excluding ortho intramolecular Hbond substituents is 1. The average Bonchev–Trinajstić information content (AvgIpc) is 3.26. The number of piperidine rings is 1. The van der Waals surface area contributed by atoms with Gasteiger partial charge in [0.25, 0.3) is 0 Å². The lowest BCUT2D eigenvalue weighted by atomic mass is 9.96. The third-order valence-corrected chi connectivity index (χ3v) is 5.95. The number of fused-ring (bicyclic) bond motifs is 3. The van der Waals surface area contributed by atoms with Crippen LogP contribution in [-0.4, -0.2) is 51.6 Å². The zero-order valence-electron chi connectivity index (χ0n) is 15.8. The Hall–Kier alpha value is -2.74. The van der Waals surface area contributed by atoms with Gasteiger partial charge in [0.05, 0.1) is 11.7 Å². The summed E-state index contributed by atoms with van der Waals surface area (Å²) in [5.41, 5.74) is 2.22. The second kappa shape index (κ2) is 6.41. The molecule has 8 heteroatoms. The van der Waals surface area contributed by atoms with Gasteiger partial charge in [-0.25, -0.2) is 9.37 Å². The molecule has 2 saturated heterocycles. The van der Waals surface area contributed by atoms with E-state index in [9.17, 15) is 9.50 Å². The number of anilines is 1. The highest BCUT2D eigenvalue weighted by Crippen LogP contribution is 2.35. The molecule has 0 spiro atoms. The van der Waals surface area contributed by atoms with Gasteiger partial charge in [-0.05, 0) is 37.5 Å². The third-order valence-electron chi connectivity index (χ3n) is 5.95. The Morgan fingerprint density at radius 3 is 2.89 bits per heavy atom. The molecular weight excluding hydrogens is 361 g/mol. The number of rotatable bonds is 3. The first kappa shape index (κ1) is 17.4. The molecular formula is C20H22FN5O2. The topological polar surface area (TPSA) is 87.3 Å². The van der Waals surface area contributed by atoms with Crippen molar-refractivity contribution in [1.29, 1.82) is 0 Å². The molecule has 0 amide bonds. The Morgan fingerprint density at radius 1 is 1.25 bits per heavy atom. The van der Waals surface area contributed by atoms with Crippen LogP contribution in [0.4, 0.5) is 10.2 Å². The van der Waals surface area contributed by atoms with Crippen molar-refractivity contribution in [1.82, 2.24) is 20.5 Å². The summed E-state index contributed by atoms with van der Waals surface area (Å²) in [5, 5.41) is 22.2. The van der Waals surface area contributed by atoms with Crippen LogP contribution in [0.15, 0.2) is 28.7 Å². The smallest absolute Gasteiger partial charge is 0.192 e. The molecule has 4 heterocycles. The SMILES string of the molecule is Cc1nc2cc(O)c(-c3ccc(N(C)[C@H]4C[C@@H]5CC[C@@H](N5)[C@@H]4F)nn3)cc2o1. The molecule has 2 bridgehead atoms. The molecule has 0 radical (unpaired) electrons. The van der Waals surface area contributed by atoms with E-state index in [-0.39, 0.29) is 17.8 Å². The van der Waals surface area contributed by atoms with E-state index in [1.54, 1.807) is 25.1 Å². The quantitative estimate of drug-likeness (QED) is 0.719. The molecule has 2 N–H and O–H groups in total. The van der Waals surface area contributed by atoms with Crippen LogP contribution in [0.2, 0.25) is 0 Å². The van der Waals surface area contributed by atoms with Crippen LogP contribution < -0.4 is 10.2 Å². The van der Waals surface area contributed by atoms with Crippen molar-refractivity contribution in [2.24, 2.45) is 0 Å². The maximum atomic E-state index is 14.8. The average molecular weight is 383 g/mol. The Balaban J connectivity index is 1.42. The number of nitrogens with one attached hydrogen (secondary N) is 1. The second-order valence-electron chi connectivity index (χ2n) is 7.75. The van der Waals surface area contributed by atoms with Crippen molar-refractivity contribution in [3.05, 3.63) is 30.2 Å². The lowest BCUT2D eigenvalue weighted by molar-refractivity contribution is 0.176. The molecule has 0 aliphatic carbocycles. The van der Waals surface area contributed by atoms with Gasteiger partial charge in [0, 0.05) is 37.7 Å². The van der Waals surface area contributed by atoms with Gasteiger partial charge in [0.15, 0.2) is 17.3 Å². The molecule has 5 rings (SSSR count). The van der Waals surface area contributed by atoms with E-state index >= 15 is 0 Å².